The highest BCUT2D eigenvalue weighted by molar-refractivity contribution is 5.50. The van der Waals surface area contributed by atoms with Crippen LogP contribution < -0.4 is 14.8 Å². The molecule has 3 nitrogen and oxygen atoms in total. The standard InChI is InChI=1S/C17H20FNO2/c1-11-5-7-16(20-3)14(9-11)12(2)19-13-6-8-17(21-4)15(18)10-13/h5-10,12,19H,1-4H3. The molecule has 0 saturated carbocycles. The Morgan fingerprint density at radius 2 is 1.67 bits per heavy atom. The molecule has 2 rings (SSSR count). The molecule has 4 heteroatoms. The number of anilines is 1. The molecule has 0 bridgehead atoms. The molecule has 0 aromatic heterocycles. The number of methoxy groups -OCH3 is 2. The summed E-state index contributed by atoms with van der Waals surface area (Å²) in [6.45, 7) is 4.04. The second-order valence-corrected chi connectivity index (χ2v) is 4.96. The topological polar surface area (TPSA) is 30.5 Å². The maximum absolute atomic E-state index is 13.7. The Balaban J connectivity index is 2.23. The van der Waals surface area contributed by atoms with Crippen molar-refractivity contribution in [3.63, 3.8) is 0 Å². The number of halogens is 1. The molecule has 0 fully saturated rings. The highest BCUT2D eigenvalue weighted by Gasteiger charge is 2.12. The molecule has 112 valence electrons. The summed E-state index contributed by atoms with van der Waals surface area (Å²) in [6.07, 6.45) is 0. The Kier molecular flexibility index (Phi) is 4.68. The largest absolute Gasteiger partial charge is 0.496 e. The quantitative estimate of drug-likeness (QED) is 0.889. The second kappa shape index (κ2) is 6.48. The zero-order valence-electron chi connectivity index (χ0n) is 12.7. The number of rotatable bonds is 5. The summed E-state index contributed by atoms with van der Waals surface area (Å²) in [4.78, 5) is 0. The summed E-state index contributed by atoms with van der Waals surface area (Å²) < 4.78 is 24.0. The number of hydrogen-bond acceptors (Lipinski definition) is 3. The van der Waals surface area contributed by atoms with E-state index in [0.717, 1.165) is 16.9 Å². The van der Waals surface area contributed by atoms with Crippen molar-refractivity contribution in [2.75, 3.05) is 19.5 Å². The predicted molar refractivity (Wildman–Crippen MR) is 82.7 cm³/mol. The molecule has 0 heterocycles. The van der Waals surface area contributed by atoms with E-state index >= 15 is 0 Å². The van der Waals surface area contributed by atoms with E-state index in [9.17, 15) is 4.39 Å². The van der Waals surface area contributed by atoms with E-state index in [4.69, 9.17) is 9.47 Å². The molecule has 2 aromatic rings. The molecule has 2 aromatic carbocycles. The van der Waals surface area contributed by atoms with Crippen LogP contribution in [0.15, 0.2) is 36.4 Å². The van der Waals surface area contributed by atoms with E-state index in [1.165, 1.54) is 13.2 Å². The monoisotopic (exact) mass is 289 g/mol. The van der Waals surface area contributed by atoms with Crippen LogP contribution in [0.5, 0.6) is 11.5 Å². The molecule has 0 amide bonds. The molecule has 1 atom stereocenters. The van der Waals surface area contributed by atoms with Crippen molar-refractivity contribution in [3.05, 3.63) is 53.3 Å². The maximum Gasteiger partial charge on any atom is 0.167 e. The normalized spacial score (nSPS) is 11.9. The van der Waals surface area contributed by atoms with Gasteiger partial charge < -0.3 is 14.8 Å². The van der Waals surface area contributed by atoms with Crippen LogP contribution in [0.25, 0.3) is 0 Å². The molecular weight excluding hydrogens is 269 g/mol. The van der Waals surface area contributed by atoms with Crippen molar-refractivity contribution in [3.8, 4) is 11.5 Å². The van der Waals surface area contributed by atoms with Gasteiger partial charge in [-0.25, -0.2) is 4.39 Å². The van der Waals surface area contributed by atoms with E-state index in [0.29, 0.717) is 5.69 Å². The lowest BCUT2D eigenvalue weighted by molar-refractivity contribution is 0.386. The molecule has 0 aliphatic heterocycles. The SMILES string of the molecule is COc1ccc(NC(C)c2cc(C)ccc2OC)cc1F. The summed E-state index contributed by atoms with van der Waals surface area (Å²) in [5.74, 6) is 0.668. The lowest BCUT2D eigenvalue weighted by atomic mass is 10.0. The first-order valence-electron chi connectivity index (χ1n) is 6.79. The predicted octanol–water partition coefficient (Wildman–Crippen LogP) is 4.32. The van der Waals surface area contributed by atoms with Crippen LogP contribution in [0, 0.1) is 12.7 Å². The van der Waals surface area contributed by atoms with Crippen LogP contribution in [0.2, 0.25) is 0 Å². The van der Waals surface area contributed by atoms with E-state index < -0.39 is 0 Å². The van der Waals surface area contributed by atoms with Gasteiger partial charge in [0.15, 0.2) is 11.6 Å². The van der Waals surface area contributed by atoms with Crippen LogP contribution in [-0.2, 0) is 0 Å². The van der Waals surface area contributed by atoms with E-state index in [-0.39, 0.29) is 17.6 Å². The fourth-order valence-electron chi connectivity index (χ4n) is 2.28. The Hall–Kier alpha value is -2.23. The van der Waals surface area contributed by atoms with Crippen molar-refractivity contribution >= 4 is 5.69 Å². The average molecular weight is 289 g/mol. The van der Waals surface area contributed by atoms with Crippen molar-refractivity contribution in [1.29, 1.82) is 0 Å². The lowest BCUT2D eigenvalue weighted by Crippen LogP contribution is -2.08. The minimum absolute atomic E-state index is 0.00681. The molecule has 0 aliphatic rings. The lowest BCUT2D eigenvalue weighted by Gasteiger charge is -2.19. The Bertz CT molecular complexity index is 628. The minimum atomic E-state index is -0.383. The summed E-state index contributed by atoms with van der Waals surface area (Å²) in [5.41, 5.74) is 2.89. The summed E-state index contributed by atoms with van der Waals surface area (Å²) >= 11 is 0. The molecule has 0 radical (unpaired) electrons. The van der Waals surface area contributed by atoms with Gasteiger partial charge in [-0.3, -0.25) is 0 Å². The molecule has 0 aliphatic carbocycles. The number of benzene rings is 2. The minimum Gasteiger partial charge on any atom is -0.496 e. The third kappa shape index (κ3) is 3.45. The number of hydrogen-bond donors (Lipinski definition) is 1. The van der Waals surface area contributed by atoms with Crippen LogP contribution in [0.1, 0.15) is 24.1 Å². The zero-order chi connectivity index (χ0) is 15.4. The molecule has 21 heavy (non-hydrogen) atoms. The van der Waals surface area contributed by atoms with Gasteiger partial charge in [0.05, 0.1) is 20.3 Å². The van der Waals surface area contributed by atoms with Gasteiger partial charge in [-0.2, -0.15) is 0 Å². The third-order valence-corrected chi connectivity index (χ3v) is 3.39. The number of nitrogens with one attached hydrogen (secondary N) is 1. The highest BCUT2D eigenvalue weighted by atomic mass is 19.1. The number of aryl methyl sites for hydroxylation is 1. The van der Waals surface area contributed by atoms with Crippen LogP contribution in [0.3, 0.4) is 0 Å². The Labute approximate surface area is 124 Å². The van der Waals surface area contributed by atoms with E-state index in [2.05, 4.69) is 11.4 Å². The molecule has 0 saturated heterocycles. The molecule has 0 spiro atoms. The van der Waals surface area contributed by atoms with Gasteiger partial charge in [-0.1, -0.05) is 17.7 Å². The van der Waals surface area contributed by atoms with Gasteiger partial charge in [-0.15, -0.1) is 0 Å². The summed E-state index contributed by atoms with van der Waals surface area (Å²) in [5, 5.41) is 3.28. The van der Waals surface area contributed by atoms with E-state index in [1.54, 1.807) is 19.2 Å². The maximum atomic E-state index is 13.7. The molecule has 1 N–H and O–H groups in total. The summed E-state index contributed by atoms with van der Waals surface area (Å²) in [7, 11) is 3.10. The smallest absolute Gasteiger partial charge is 0.167 e. The summed E-state index contributed by atoms with van der Waals surface area (Å²) in [6, 6.07) is 10.8. The van der Waals surface area contributed by atoms with Crippen molar-refractivity contribution in [2.45, 2.75) is 19.9 Å². The Morgan fingerprint density at radius 3 is 2.29 bits per heavy atom. The van der Waals surface area contributed by atoms with E-state index in [1.807, 2.05) is 26.0 Å². The van der Waals surface area contributed by atoms with Gasteiger partial charge in [0.1, 0.15) is 5.75 Å². The fraction of sp³-hybridized carbons (Fsp3) is 0.294. The third-order valence-electron chi connectivity index (χ3n) is 3.39. The average Bonchev–Trinajstić information content (AvgIpc) is 2.47. The van der Waals surface area contributed by atoms with Gasteiger partial charge in [-0.05, 0) is 32.0 Å². The number of ether oxygens (including phenoxy) is 2. The van der Waals surface area contributed by atoms with Crippen molar-refractivity contribution < 1.29 is 13.9 Å². The van der Waals surface area contributed by atoms with Crippen LogP contribution >= 0.6 is 0 Å². The Morgan fingerprint density at radius 1 is 1.00 bits per heavy atom. The van der Waals surface area contributed by atoms with Crippen molar-refractivity contribution in [1.82, 2.24) is 0 Å². The second-order valence-electron chi connectivity index (χ2n) is 4.96. The molecule has 1 unspecified atom stereocenters. The first kappa shape index (κ1) is 15.2. The molecular formula is C17H20FNO2. The first-order chi connectivity index (χ1) is 10.0. The van der Waals surface area contributed by atoms with Gasteiger partial charge >= 0.3 is 0 Å². The zero-order valence-corrected chi connectivity index (χ0v) is 12.7. The van der Waals surface area contributed by atoms with Gasteiger partial charge in [0, 0.05) is 17.3 Å². The van der Waals surface area contributed by atoms with Crippen LogP contribution in [-0.4, -0.2) is 14.2 Å². The first-order valence-corrected chi connectivity index (χ1v) is 6.79. The highest BCUT2D eigenvalue weighted by Crippen LogP contribution is 2.30. The van der Waals surface area contributed by atoms with Crippen LogP contribution in [0.4, 0.5) is 10.1 Å². The van der Waals surface area contributed by atoms with Gasteiger partial charge in [0.2, 0.25) is 0 Å². The fourth-order valence-corrected chi connectivity index (χ4v) is 2.28. The van der Waals surface area contributed by atoms with Gasteiger partial charge in [0.25, 0.3) is 0 Å². The van der Waals surface area contributed by atoms with Crippen molar-refractivity contribution in [2.24, 2.45) is 0 Å².